The summed E-state index contributed by atoms with van der Waals surface area (Å²) in [5.41, 5.74) is 1.68. The smallest absolute Gasteiger partial charge is 0.253 e. The molecule has 0 aliphatic carbocycles. The molecule has 3 rings (SSSR count). The average Bonchev–Trinajstić information content (AvgIpc) is 2.66. The average molecular weight is 466 g/mol. The number of H-pyrrole nitrogens is 1. The molecule has 1 heterocycles. The Kier molecular flexibility index (Phi) is 6.62. The molecular formula is C22H25ClFN3O3S. The summed E-state index contributed by atoms with van der Waals surface area (Å²) in [6.45, 7) is 6.08. The first-order valence-electron chi connectivity index (χ1n) is 9.82. The third-order valence-electron chi connectivity index (χ3n) is 4.83. The van der Waals surface area contributed by atoms with E-state index in [0.717, 1.165) is 0 Å². The number of nitrogens with one attached hydrogen (secondary N) is 2. The van der Waals surface area contributed by atoms with E-state index in [1.165, 1.54) is 22.7 Å². The molecule has 0 radical (unpaired) electrons. The predicted molar refractivity (Wildman–Crippen MR) is 125 cm³/mol. The van der Waals surface area contributed by atoms with Gasteiger partial charge in [-0.25, -0.2) is 12.8 Å². The van der Waals surface area contributed by atoms with E-state index in [-0.39, 0.29) is 16.5 Å². The lowest BCUT2D eigenvalue weighted by Crippen LogP contribution is -2.33. The maximum Gasteiger partial charge on any atom is 0.253 e. The van der Waals surface area contributed by atoms with Crippen molar-refractivity contribution in [3.8, 4) is 0 Å². The number of hydrogen-bond acceptors (Lipinski definition) is 4. The summed E-state index contributed by atoms with van der Waals surface area (Å²) in [7, 11) is -3.44. The van der Waals surface area contributed by atoms with Crippen LogP contribution in [0.5, 0.6) is 0 Å². The fraction of sp³-hybridized carbons (Fsp3) is 0.318. The van der Waals surface area contributed by atoms with E-state index in [9.17, 15) is 17.6 Å². The Labute approximate surface area is 186 Å². The van der Waals surface area contributed by atoms with Crippen molar-refractivity contribution in [2.24, 2.45) is 5.92 Å². The molecule has 0 bridgehead atoms. The van der Waals surface area contributed by atoms with Crippen molar-refractivity contribution in [2.75, 3.05) is 22.4 Å². The maximum absolute atomic E-state index is 13.7. The predicted octanol–water partition coefficient (Wildman–Crippen LogP) is 4.92. The van der Waals surface area contributed by atoms with Crippen LogP contribution < -0.4 is 15.2 Å². The molecule has 1 atom stereocenters. The summed E-state index contributed by atoms with van der Waals surface area (Å²) >= 11 is 5.87. The quantitative estimate of drug-likeness (QED) is 0.519. The Morgan fingerprint density at radius 2 is 1.87 bits per heavy atom. The van der Waals surface area contributed by atoms with Gasteiger partial charge in [0.15, 0.2) is 0 Å². The van der Waals surface area contributed by atoms with Crippen molar-refractivity contribution in [1.82, 2.24) is 4.98 Å². The molecular weight excluding hydrogens is 441 g/mol. The molecule has 0 unspecified atom stereocenters. The highest BCUT2D eigenvalue weighted by molar-refractivity contribution is 7.92. The van der Waals surface area contributed by atoms with Gasteiger partial charge in [0.1, 0.15) is 5.82 Å². The number of hydrogen-bond donors (Lipinski definition) is 2. The SMILES string of the molecule is CC(C)CN(c1cccc(N[C@@H](C)c2cc3cc(Cl)c(F)cc3[nH]c2=O)c1)S(C)(=O)=O. The van der Waals surface area contributed by atoms with Crippen LogP contribution in [0.2, 0.25) is 5.02 Å². The minimum Gasteiger partial charge on any atom is -0.378 e. The highest BCUT2D eigenvalue weighted by atomic mass is 35.5. The number of benzene rings is 2. The van der Waals surface area contributed by atoms with Crippen molar-refractivity contribution in [1.29, 1.82) is 0 Å². The molecule has 9 heteroatoms. The minimum absolute atomic E-state index is 0.0233. The number of anilines is 2. The molecule has 31 heavy (non-hydrogen) atoms. The first-order chi connectivity index (χ1) is 14.5. The number of fused-ring (bicyclic) bond motifs is 1. The van der Waals surface area contributed by atoms with E-state index >= 15 is 0 Å². The van der Waals surface area contributed by atoms with Gasteiger partial charge in [-0.2, -0.15) is 0 Å². The van der Waals surface area contributed by atoms with Crippen molar-refractivity contribution in [3.05, 3.63) is 69.2 Å². The van der Waals surface area contributed by atoms with Crippen LogP contribution in [0.3, 0.4) is 0 Å². The number of aromatic amines is 1. The standard InChI is InChI=1S/C22H25ClFN3O3S/c1-13(2)12-27(31(4,29)30)17-7-5-6-16(10-17)25-14(3)18-8-15-9-19(23)20(24)11-21(15)26-22(18)28/h5-11,13-14,25H,12H2,1-4H3,(H,26,28)/t14-/m0/s1. The fourth-order valence-electron chi connectivity index (χ4n) is 3.38. The van der Waals surface area contributed by atoms with E-state index in [1.807, 2.05) is 20.8 Å². The lowest BCUT2D eigenvalue weighted by atomic mass is 10.1. The third kappa shape index (κ3) is 5.37. The zero-order chi connectivity index (χ0) is 22.9. The number of nitrogens with zero attached hydrogens (tertiary/aromatic N) is 1. The minimum atomic E-state index is -3.44. The van der Waals surface area contributed by atoms with Gasteiger partial charge in [-0.05, 0) is 49.2 Å². The van der Waals surface area contributed by atoms with Crippen LogP contribution in [0.25, 0.3) is 10.9 Å². The van der Waals surface area contributed by atoms with Gasteiger partial charge in [0.2, 0.25) is 10.0 Å². The molecule has 0 amide bonds. The lowest BCUT2D eigenvalue weighted by Gasteiger charge is -2.25. The van der Waals surface area contributed by atoms with E-state index in [0.29, 0.717) is 34.4 Å². The van der Waals surface area contributed by atoms with Crippen LogP contribution in [0.4, 0.5) is 15.8 Å². The van der Waals surface area contributed by atoms with Crippen LogP contribution in [0.15, 0.2) is 47.3 Å². The van der Waals surface area contributed by atoms with Crippen molar-refractivity contribution < 1.29 is 12.8 Å². The molecule has 3 aromatic rings. The van der Waals surface area contributed by atoms with Crippen molar-refractivity contribution in [2.45, 2.75) is 26.8 Å². The van der Waals surface area contributed by atoms with Gasteiger partial charge in [0, 0.05) is 23.2 Å². The molecule has 6 nitrogen and oxygen atoms in total. The highest BCUT2D eigenvalue weighted by Gasteiger charge is 2.19. The molecule has 1 aromatic heterocycles. The Morgan fingerprint density at radius 1 is 1.16 bits per heavy atom. The van der Waals surface area contributed by atoms with Gasteiger partial charge >= 0.3 is 0 Å². The van der Waals surface area contributed by atoms with Crippen LogP contribution in [0, 0.1) is 11.7 Å². The zero-order valence-electron chi connectivity index (χ0n) is 17.7. The largest absolute Gasteiger partial charge is 0.378 e. The summed E-state index contributed by atoms with van der Waals surface area (Å²) in [4.78, 5) is 15.2. The molecule has 166 valence electrons. The van der Waals surface area contributed by atoms with Crippen molar-refractivity contribution in [3.63, 3.8) is 0 Å². The number of aromatic nitrogens is 1. The second kappa shape index (κ2) is 8.88. The third-order valence-corrected chi connectivity index (χ3v) is 6.28. The van der Waals surface area contributed by atoms with E-state index in [1.54, 1.807) is 30.3 Å². The summed E-state index contributed by atoms with van der Waals surface area (Å²) in [5, 5.41) is 3.83. The van der Waals surface area contributed by atoms with Gasteiger partial charge < -0.3 is 10.3 Å². The van der Waals surface area contributed by atoms with Crippen LogP contribution in [-0.2, 0) is 10.0 Å². The molecule has 0 spiro atoms. The molecule has 0 aliphatic heterocycles. The second-order valence-electron chi connectivity index (χ2n) is 8.01. The Morgan fingerprint density at radius 3 is 2.52 bits per heavy atom. The maximum atomic E-state index is 13.7. The summed E-state index contributed by atoms with van der Waals surface area (Å²) in [6.07, 6.45) is 1.18. The molecule has 0 aliphatic rings. The van der Waals surface area contributed by atoms with Crippen LogP contribution in [0.1, 0.15) is 32.4 Å². The summed E-state index contributed by atoms with van der Waals surface area (Å²) < 4.78 is 39.6. The molecule has 2 aromatic carbocycles. The number of rotatable bonds is 7. The highest BCUT2D eigenvalue weighted by Crippen LogP contribution is 2.27. The zero-order valence-corrected chi connectivity index (χ0v) is 19.3. The van der Waals surface area contributed by atoms with Gasteiger partial charge in [-0.15, -0.1) is 0 Å². The summed E-state index contributed by atoms with van der Waals surface area (Å²) in [6, 6.07) is 11.0. The van der Waals surface area contributed by atoms with Crippen molar-refractivity contribution >= 4 is 43.9 Å². The van der Waals surface area contributed by atoms with E-state index in [2.05, 4.69) is 10.3 Å². The Hall–Kier alpha value is -2.58. The topological polar surface area (TPSA) is 82.3 Å². The van der Waals surface area contributed by atoms with Crippen LogP contribution in [-0.4, -0.2) is 26.2 Å². The monoisotopic (exact) mass is 465 g/mol. The van der Waals surface area contributed by atoms with Crippen LogP contribution >= 0.6 is 11.6 Å². The van der Waals surface area contributed by atoms with Gasteiger partial charge in [0.05, 0.1) is 28.5 Å². The Balaban J connectivity index is 1.93. The number of sulfonamides is 1. The molecule has 0 saturated heterocycles. The van der Waals surface area contributed by atoms with E-state index < -0.39 is 21.9 Å². The fourth-order valence-corrected chi connectivity index (χ4v) is 4.62. The Bertz CT molecular complexity index is 1270. The summed E-state index contributed by atoms with van der Waals surface area (Å²) in [5.74, 6) is -0.449. The van der Waals surface area contributed by atoms with E-state index in [4.69, 9.17) is 11.6 Å². The first-order valence-corrected chi connectivity index (χ1v) is 12.0. The normalized spacial score (nSPS) is 12.9. The lowest BCUT2D eigenvalue weighted by molar-refractivity contribution is 0.583. The van der Waals surface area contributed by atoms with Gasteiger partial charge in [-0.3, -0.25) is 9.10 Å². The molecule has 0 fully saturated rings. The number of pyridine rings is 1. The molecule has 2 N–H and O–H groups in total. The number of halogens is 2. The van der Waals surface area contributed by atoms with Gasteiger partial charge in [0.25, 0.3) is 5.56 Å². The first kappa shape index (κ1) is 23.1. The molecule has 0 saturated carbocycles. The van der Waals surface area contributed by atoms with Gasteiger partial charge in [-0.1, -0.05) is 31.5 Å². The second-order valence-corrected chi connectivity index (χ2v) is 10.3.